The van der Waals surface area contributed by atoms with Gasteiger partial charge in [0.15, 0.2) is 0 Å². The lowest BCUT2D eigenvalue weighted by Crippen LogP contribution is -2.37. The maximum absolute atomic E-state index is 5.99. The van der Waals surface area contributed by atoms with Crippen LogP contribution in [0.4, 0.5) is 17.2 Å². The van der Waals surface area contributed by atoms with Gasteiger partial charge < -0.3 is 20.1 Å². The number of benzene rings is 1. The lowest BCUT2D eigenvalue weighted by atomic mass is 10.2. The molecule has 3 aromatic rings. The van der Waals surface area contributed by atoms with Gasteiger partial charge >= 0.3 is 6.01 Å². The van der Waals surface area contributed by atoms with Gasteiger partial charge in [-0.2, -0.15) is 20.2 Å². The SMILES string of the molecule is Cc1ccc(N)c(N=NCc2cc(N3CCOCC3)nc(OCCc3ccccn3)n2)c1. The molecule has 32 heavy (non-hydrogen) atoms. The van der Waals surface area contributed by atoms with Crippen molar-refractivity contribution in [1.82, 2.24) is 15.0 Å². The molecule has 0 radical (unpaired) electrons. The molecule has 166 valence electrons. The van der Waals surface area contributed by atoms with Gasteiger partial charge in [-0.25, -0.2) is 0 Å². The molecule has 2 N–H and O–H groups in total. The minimum absolute atomic E-state index is 0.295. The fourth-order valence-corrected chi connectivity index (χ4v) is 3.28. The van der Waals surface area contributed by atoms with Crippen LogP contribution < -0.4 is 15.4 Å². The Balaban J connectivity index is 1.48. The number of aryl methyl sites for hydroxylation is 1. The molecule has 9 heteroatoms. The second kappa shape index (κ2) is 10.6. The van der Waals surface area contributed by atoms with E-state index in [2.05, 4.69) is 30.1 Å². The molecule has 2 aromatic heterocycles. The molecule has 1 fully saturated rings. The average Bonchev–Trinajstić information content (AvgIpc) is 2.82. The molecule has 1 aromatic carbocycles. The predicted molar refractivity (Wildman–Crippen MR) is 122 cm³/mol. The fourth-order valence-electron chi connectivity index (χ4n) is 3.28. The molecule has 0 amide bonds. The van der Waals surface area contributed by atoms with Gasteiger partial charge in [0, 0.05) is 37.5 Å². The molecule has 3 heterocycles. The Hall–Kier alpha value is -3.59. The molecule has 9 nitrogen and oxygen atoms in total. The van der Waals surface area contributed by atoms with E-state index in [1.54, 1.807) is 6.20 Å². The zero-order valence-electron chi connectivity index (χ0n) is 18.1. The van der Waals surface area contributed by atoms with E-state index in [-0.39, 0.29) is 0 Å². The number of nitrogens with zero attached hydrogens (tertiary/aromatic N) is 6. The number of morpholine rings is 1. The number of anilines is 2. The van der Waals surface area contributed by atoms with Crippen LogP contribution in [0.25, 0.3) is 0 Å². The van der Waals surface area contributed by atoms with Crippen molar-refractivity contribution in [3.63, 3.8) is 0 Å². The van der Waals surface area contributed by atoms with E-state index in [1.165, 1.54) is 0 Å². The molecule has 0 aliphatic carbocycles. The number of azo groups is 1. The van der Waals surface area contributed by atoms with Crippen LogP contribution in [0.2, 0.25) is 0 Å². The Kier molecular flexibility index (Phi) is 7.19. The molecular formula is C23H27N7O2. The molecule has 4 rings (SSSR count). The number of nitrogens with two attached hydrogens (primary N) is 1. The summed E-state index contributed by atoms with van der Waals surface area (Å²) in [6, 6.07) is 13.8. The summed E-state index contributed by atoms with van der Waals surface area (Å²) < 4.78 is 11.3. The lowest BCUT2D eigenvalue weighted by Gasteiger charge is -2.28. The third-order valence-corrected chi connectivity index (χ3v) is 4.99. The van der Waals surface area contributed by atoms with Crippen LogP contribution in [0, 0.1) is 6.92 Å². The van der Waals surface area contributed by atoms with Crippen LogP contribution in [-0.4, -0.2) is 47.9 Å². The Morgan fingerprint density at radius 1 is 1.09 bits per heavy atom. The molecule has 0 atom stereocenters. The standard InChI is InChI=1S/C23H27N7O2/c1-17-5-6-20(24)21(14-17)29-26-16-19-15-22(30-9-12-31-13-10-30)28-23(27-19)32-11-7-18-4-2-3-8-25-18/h2-6,8,14-15H,7,9-13,16,24H2,1H3. The van der Waals surface area contributed by atoms with Crippen LogP contribution >= 0.6 is 0 Å². The van der Waals surface area contributed by atoms with E-state index in [9.17, 15) is 0 Å². The number of rotatable bonds is 8. The van der Waals surface area contributed by atoms with Crippen LogP contribution in [-0.2, 0) is 17.7 Å². The molecule has 1 saturated heterocycles. The van der Waals surface area contributed by atoms with Gasteiger partial charge in [0.2, 0.25) is 0 Å². The van der Waals surface area contributed by atoms with E-state index in [0.717, 1.165) is 35.9 Å². The second-order valence-corrected chi connectivity index (χ2v) is 7.48. The Morgan fingerprint density at radius 3 is 2.78 bits per heavy atom. The normalized spacial score (nSPS) is 14.1. The fraction of sp³-hybridized carbons (Fsp3) is 0.348. The number of ether oxygens (including phenoxy) is 2. The molecule has 0 spiro atoms. The van der Waals surface area contributed by atoms with Crippen LogP contribution in [0.1, 0.15) is 17.0 Å². The Labute approximate surface area is 187 Å². The number of aromatic nitrogens is 3. The number of hydrogen-bond acceptors (Lipinski definition) is 9. The van der Waals surface area contributed by atoms with Gasteiger partial charge in [0.05, 0.1) is 31.2 Å². The predicted octanol–water partition coefficient (Wildman–Crippen LogP) is 3.50. The van der Waals surface area contributed by atoms with Gasteiger partial charge in [0.1, 0.15) is 18.1 Å². The highest BCUT2D eigenvalue weighted by Gasteiger charge is 2.15. The van der Waals surface area contributed by atoms with Gasteiger partial charge in [-0.15, -0.1) is 0 Å². The monoisotopic (exact) mass is 433 g/mol. The van der Waals surface area contributed by atoms with Crippen molar-refractivity contribution in [2.75, 3.05) is 43.5 Å². The van der Waals surface area contributed by atoms with E-state index in [0.29, 0.717) is 50.2 Å². The third kappa shape index (κ3) is 5.98. The summed E-state index contributed by atoms with van der Waals surface area (Å²) in [6.45, 7) is 5.60. The van der Waals surface area contributed by atoms with Gasteiger partial charge in [-0.1, -0.05) is 12.1 Å². The van der Waals surface area contributed by atoms with E-state index in [4.69, 9.17) is 15.2 Å². The number of nitrogen functional groups attached to an aromatic ring is 1. The number of hydrogen-bond donors (Lipinski definition) is 1. The molecule has 0 saturated carbocycles. The average molecular weight is 434 g/mol. The maximum Gasteiger partial charge on any atom is 0.318 e. The molecule has 0 unspecified atom stereocenters. The first kappa shape index (κ1) is 21.6. The summed E-state index contributed by atoms with van der Waals surface area (Å²) in [7, 11) is 0. The quantitative estimate of drug-likeness (QED) is 0.427. The zero-order chi connectivity index (χ0) is 22.2. The summed E-state index contributed by atoms with van der Waals surface area (Å²) >= 11 is 0. The van der Waals surface area contributed by atoms with E-state index >= 15 is 0 Å². The van der Waals surface area contributed by atoms with Crippen molar-refractivity contribution in [2.45, 2.75) is 19.9 Å². The van der Waals surface area contributed by atoms with Gasteiger partial charge in [-0.05, 0) is 36.8 Å². The van der Waals surface area contributed by atoms with Crippen molar-refractivity contribution in [3.05, 3.63) is 65.6 Å². The highest BCUT2D eigenvalue weighted by atomic mass is 16.5. The Morgan fingerprint density at radius 2 is 1.97 bits per heavy atom. The second-order valence-electron chi connectivity index (χ2n) is 7.48. The van der Waals surface area contributed by atoms with Crippen LogP contribution in [0.5, 0.6) is 6.01 Å². The highest BCUT2D eigenvalue weighted by molar-refractivity contribution is 5.62. The first-order valence-electron chi connectivity index (χ1n) is 10.6. The van der Waals surface area contributed by atoms with Crippen molar-refractivity contribution < 1.29 is 9.47 Å². The lowest BCUT2D eigenvalue weighted by molar-refractivity contribution is 0.122. The first-order chi connectivity index (χ1) is 15.7. The van der Waals surface area contributed by atoms with Crippen molar-refractivity contribution in [2.24, 2.45) is 10.2 Å². The molecule has 1 aliphatic rings. The van der Waals surface area contributed by atoms with Crippen LogP contribution in [0.15, 0.2) is 58.9 Å². The summed E-state index contributed by atoms with van der Waals surface area (Å²) in [5.74, 6) is 0.802. The smallest absolute Gasteiger partial charge is 0.318 e. The topological polar surface area (TPSA) is 111 Å². The summed E-state index contributed by atoms with van der Waals surface area (Å²) in [6.07, 6.45) is 2.45. The largest absolute Gasteiger partial charge is 0.463 e. The minimum Gasteiger partial charge on any atom is -0.463 e. The highest BCUT2D eigenvalue weighted by Crippen LogP contribution is 2.24. The summed E-state index contributed by atoms with van der Waals surface area (Å²) in [5.41, 5.74) is 10.0. The summed E-state index contributed by atoms with van der Waals surface area (Å²) in [4.78, 5) is 15.6. The Bertz CT molecular complexity index is 1050. The van der Waals surface area contributed by atoms with Gasteiger partial charge in [0.25, 0.3) is 0 Å². The van der Waals surface area contributed by atoms with E-state index in [1.807, 2.05) is 49.4 Å². The molecule has 1 aliphatic heterocycles. The number of pyridine rings is 1. The maximum atomic E-state index is 5.99. The molecular weight excluding hydrogens is 406 g/mol. The molecule has 0 bridgehead atoms. The third-order valence-electron chi connectivity index (χ3n) is 4.99. The minimum atomic E-state index is 0.295. The summed E-state index contributed by atoms with van der Waals surface area (Å²) in [5, 5.41) is 8.61. The van der Waals surface area contributed by atoms with E-state index < -0.39 is 0 Å². The van der Waals surface area contributed by atoms with Crippen LogP contribution in [0.3, 0.4) is 0 Å². The first-order valence-corrected chi connectivity index (χ1v) is 10.6. The zero-order valence-corrected chi connectivity index (χ0v) is 18.1. The van der Waals surface area contributed by atoms with Crippen molar-refractivity contribution in [3.8, 4) is 6.01 Å². The van der Waals surface area contributed by atoms with Gasteiger partial charge in [-0.3, -0.25) is 4.98 Å². The van der Waals surface area contributed by atoms with Crippen molar-refractivity contribution in [1.29, 1.82) is 0 Å². The van der Waals surface area contributed by atoms with Crippen molar-refractivity contribution >= 4 is 17.2 Å².